The summed E-state index contributed by atoms with van der Waals surface area (Å²) in [6.45, 7) is 0.00373. The van der Waals surface area contributed by atoms with Crippen LogP contribution in [0.1, 0.15) is 11.3 Å². The Hall–Kier alpha value is -3.11. The number of imidazole rings is 1. The minimum Gasteiger partial charge on any atom is -0.496 e. The number of nitrogens with zero attached hydrogens (tertiary/aromatic N) is 4. The molecule has 0 saturated carbocycles. The molecule has 1 aromatic carbocycles. The van der Waals surface area contributed by atoms with Crippen LogP contribution in [-0.4, -0.2) is 26.6 Å². The van der Waals surface area contributed by atoms with Crippen LogP contribution in [0.5, 0.6) is 11.5 Å². The summed E-state index contributed by atoms with van der Waals surface area (Å²) in [5.41, 5.74) is 1.89. The van der Waals surface area contributed by atoms with Crippen molar-refractivity contribution in [2.75, 3.05) is 7.11 Å². The molecule has 34 heavy (non-hydrogen) atoms. The van der Waals surface area contributed by atoms with E-state index in [2.05, 4.69) is 30.9 Å². The summed E-state index contributed by atoms with van der Waals surface area (Å²) in [5, 5.41) is 0.390. The first kappa shape index (κ1) is 24.0. The number of methoxy groups -OCH3 is 1. The molecule has 0 aliphatic heterocycles. The fraction of sp³-hybridized carbons (Fsp3) is 0.174. The van der Waals surface area contributed by atoms with Crippen molar-refractivity contribution in [1.29, 1.82) is 0 Å². The monoisotopic (exact) mass is 552 g/mol. The Morgan fingerprint density at radius 3 is 2.47 bits per heavy atom. The van der Waals surface area contributed by atoms with Crippen LogP contribution in [0, 0.1) is 0 Å². The summed E-state index contributed by atoms with van der Waals surface area (Å²) in [4.78, 5) is 12.5. The predicted octanol–water partition coefficient (Wildman–Crippen LogP) is 6.57. The van der Waals surface area contributed by atoms with Gasteiger partial charge in [-0.1, -0.05) is 11.6 Å². The minimum absolute atomic E-state index is 0.00373. The van der Waals surface area contributed by atoms with E-state index < -0.39 is 11.7 Å². The van der Waals surface area contributed by atoms with Crippen molar-refractivity contribution in [3.8, 4) is 34.1 Å². The normalized spacial score (nSPS) is 11.5. The van der Waals surface area contributed by atoms with E-state index in [0.717, 1.165) is 29.1 Å². The third kappa shape index (κ3) is 5.02. The van der Waals surface area contributed by atoms with Gasteiger partial charge in [0, 0.05) is 36.6 Å². The van der Waals surface area contributed by atoms with Gasteiger partial charge >= 0.3 is 6.18 Å². The highest BCUT2D eigenvalue weighted by atomic mass is 79.9. The average molecular weight is 554 g/mol. The summed E-state index contributed by atoms with van der Waals surface area (Å²) >= 11 is 9.42. The molecule has 3 aromatic heterocycles. The van der Waals surface area contributed by atoms with Crippen molar-refractivity contribution in [3.63, 3.8) is 0 Å². The second kappa shape index (κ2) is 9.63. The number of benzene rings is 1. The largest absolute Gasteiger partial charge is 0.496 e. The van der Waals surface area contributed by atoms with Gasteiger partial charge in [-0.15, -0.1) is 0 Å². The molecule has 0 N–H and O–H groups in total. The number of halogens is 5. The summed E-state index contributed by atoms with van der Waals surface area (Å²) in [5.74, 6) is 1.69. The number of ether oxygens (including phenoxy) is 2. The van der Waals surface area contributed by atoms with Gasteiger partial charge in [0.25, 0.3) is 0 Å². The van der Waals surface area contributed by atoms with Crippen molar-refractivity contribution >= 4 is 27.5 Å². The van der Waals surface area contributed by atoms with Gasteiger partial charge in [0.15, 0.2) is 0 Å². The molecule has 0 aliphatic carbocycles. The zero-order valence-corrected chi connectivity index (χ0v) is 20.2. The van der Waals surface area contributed by atoms with Gasteiger partial charge < -0.3 is 14.0 Å². The van der Waals surface area contributed by atoms with Crippen LogP contribution in [-0.2, 0) is 19.8 Å². The Labute approximate surface area is 206 Å². The predicted molar refractivity (Wildman–Crippen MR) is 125 cm³/mol. The van der Waals surface area contributed by atoms with Crippen LogP contribution in [0.25, 0.3) is 22.6 Å². The van der Waals surface area contributed by atoms with Crippen molar-refractivity contribution in [2.24, 2.45) is 7.05 Å². The lowest BCUT2D eigenvalue weighted by atomic mass is 10.1. The summed E-state index contributed by atoms with van der Waals surface area (Å²) in [6.07, 6.45) is -2.00. The van der Waals surface area contributed by atoms with E-state index in [0.29, 0.717) is 32.8 Å². The van der Waals surface area contributed by atoms with Gasteiger partial charge in [-0.3, -0.25) is 4.98 Å². The Kier molecular flexibility index (Phi) is 6.81. The maximum Gasteiger partial charge on any atom is 0.417 e. The summed E-state index contributed by atoms with van der Waals surface area (Å²) in [6, 6.07) is 11.0. The Morgan fingerprint density at radius 2 is 1.85 bits per heavy atom. The first-order valence-corrected chi connectivity index (χ1v) is 11.0. The number of rotatable bonds is 6. The first-order chi connectivity index (χ1) is 16.2. The van der Waals surface area contributed by atoms with E-state index in [4.69, 9.17) is 21.1 Å². The molecular weight excluding hydrogens is 537 g/mol. The molecule has 11 heteroatoms. The van der Waals surface area contributed by atoms with Crippen molar-refractivity contribution in [3.05, 3.63) is 75.9 Å². The van der Waals surface area contributed by atoms with Gasteiger partial charge in [0.1, 0.15) is 33.7 Å². The molecule has 0 amide bonds. The van der Waals surface area contributed by atoms with E-state index in [1.165, 1.54) is 13.2 Å². The van der Waals surface area contributed by atoms with E-state index in [9.17, 15) is 13.2 Å². The molecule has 3 heterocycles. The fourth-order valence-corrected chi connectivity index (χ4v) is 4.07. The molecule has 0 unspecified atom stereocenters. The Morgan fingerprint density at radius 1 is 1.06 bits per heavy atom. The van der Waals surface area contributed by atoms with Crippen LogP contribution in [0.15, 0.2) is 59.5 Å². The molecule has 0 radical (unpaired) electrons. The minimum atomic E-state index is -4.43. The SMILES string of the molecule is COc1cc(OCc2ccc(C(F)(F)F)cn2)ccc1-c1c(Br)nc(-c2ccc(Cl)nc2)n1C. The number of hydrogen-bond acceptors (Lipinski definition) is 5. The van der Waals surface area contributed by atoms with Gasteiger partial charge in [-0.25, -0.2) is 9.97 Å². The topological polar surface area (TPSA) is 62.1 Å². The van der Waals surface area contributed by atoms with Crippen LogP contribution in [0.4, 0.5) is 13.2 Å². The van der Waals surface area contributed by atoms with Gasteiger partial charge in [0.05, 0.1) is 24.1 Å². The Bertz CT molecular complexity index is 1310. The van der Waals surface area contributed by atoms with E-state index >= 15 is 0 Å². The van der Waals surface area contributed by atoms with Crippen LogP contribution < -0.4 is 9.47 Å². The highest BCUT2D eigenvalue weighted by Gasteiger charge is 2.30. The van der Waals surface area contributed by atoms with E-state index in [1.54, 1.807) is 24.4 Å². The molecule has 0 aliphatic rings. The lowest BCUT2D eigenvalue weighted by Crippen LogP contribution is -2.07. The molecule has 4 rings (SSSR count). The number of aromatic nitrogens is 4. The highest BCUT2D eigenvalue weighted by Crippen LogP contribution is 2.39. The average Bonchev–Trinajstić information content (AvgIpc) is 3.11. The molecule has 0 atom stereocenters. The maximum atomic E-state index is 12.7. The quantitative estimate of drug-likeness (QED) is 0.253. The zero-order valence-electron chi connectivity index (χ0n) is 17.9. The smallest absolute Gasteiger partial charge is 0.417 e. The molecule has 176 valence electrons. The van der Waals surface area contributed by atoms with E-state index in [1.807, 2.05) is 23.7 Å². The third-order valence-corrected chi connectivity index (χ3v) is 5.78. The van der Waals surface area contributed by atoms with Gasteiger partial charge in [-0.05, 0) is 52.3 Å². The summed E-state index contributed by atoms with van der Waals surface area (Å²) < 4.78 is 51.9. The van der Waals surface area contributed by atoms with Gasteiger partial charge in [-0.2, -0.15) is 13.2 Å². The lowest BCUT2D eigenvalue weighted by Gasteiger charge is -2.13. The maximum absolute atomic E-state index is 12.7. The molecule has 0 saturated heterocycles. The second-order valence-corrected chi connectivity index (χ2v) is 8.33. The Balaban J connectivity index is 1.58. The molecule has 0 spiro atoms. The number of hydrogen-bond donors (Lipinski definition) is 0. The zero-order chi connectivity index (χ0) is 24.5. The molecule has 6 nitrogen and oxygen atoms in total. The van der Waals surface area contributed by atoms with E-state index in [-0.39, 0.29) is 6.61 Å². The highest BCUT2D eigenvalue weighted by molar-refractivity contribution is 9.10. The molecular formula is C23H17BrClF3N4O2. The van der Waals surface area contributed by atoms with Crippen LogP contribution >= 0.6 is 27.5 Å². The lowest BCUT2D eigenvalue weighted by molar-refractivity contribution is -0.137. The molecule has 0 bridgehead atoms. The molecule has 0 fully saturated rings. The van der Waals surface area contributed by atoms with Crippen molar-refractivity contribution < 1.29 is 22.6 Å². The van der Waals surface area contributed by atoms with Crippen LogP contribution in [0.3, 0.4) is 0 Å². The standard InChI is InChI=1S/C23H17BrClF3N4O2/c1-32-20(21(24)31-22(32)13-3-8-19(25)30-10-13)17-7-6-16(9-18(17)33-2)34-12-15-5-4-14(11-29-15)23(26,27)28/h3-11H,12H2,1-2H3. The second-order valence-electron chi connectivity index (χ2n) is 7.19. The summed E-state index contributed by atoms with van der Waals surface area (Å²) in [7, 11) is 3.41. The van der Waals surface area contributed by atoms with Crippen molar-refractivity contribution in [2.45, 2.75) is 12.8 Å². The van der Waals surface area contributed by atoms with Crippen LogP contribution in [0.2, 0.25) is 5.15 Å². The van der Waals surface area contributed by atoms with Gasteiger partial charge in [0.2, 0.25) is 0 Å². The van der Waals surface area contributed by atoms with Crippen molar-refractivity contribution in [1.82, 2.24) is 19.5 Å². The third-order valence-electron chi connectivity index (χ3n) is 5.01. The molecule has 4 aromatic rings. The fourth-order valence-electron chi connectivity index (χ4n) is 3.32. The first-order valence-electron chi connectivity index (χ1n) is 9.85. The number of alkyl halides is 3. The number of pyridine rings is 2.